The fraction of sp³-hybridized carbons (Fsp3) is 0.727. The van der Waals surface area contributed by atoms with Crippen molar-refractivity contribution in [2.75, 3.05) is 40.0 Å². The van der Waals surface area contributed by atoms with Gasteiger partial charge in [-0.15, -0.1) is 0 Å². The average Bonchev–Trinajstić information content (AvgIpc) is 3.31. The molecule has 0 aromatic heterocycles. The summed E-state index contributed by atoms with van der Waals surface area (Å²) in [6.45, 7) is 7.54. The van der Waals surface area contributed by atoms with E-state index in [0.29, 0.717) is 19.9 Å². The van der Waals surface area contributed by atoms with Gasteiger partial charge in [-0.05, 0) is 26.5 Å². The number of aliphatic hydroxyl groups is 2. The first kappa shape index (κ1) is 24.0. The molecule has 0 radical (unpaired) electrons. The number of aliphatic hydroxyl groups excluding tert-OH is 2. The Balaban J connectivity index is 1.25. The number of aryl methyl sites for hydroxylation is 1. The van der Waals surface area contributed by atoms with Crippen molar-refractivity contribution >= 4 is 0 Å². The van der Waals surface area contributed by atoms with Crippen molar-refractivity contribution in [2.24, 2.45) is 5.73 Å². The minimum atomic E-state index is -0.971. The van der Waals surface area contributed by atoms with Crippen molar-refractivity contribution < 1.29 is 14.9 Å². The molecule has 4 rings (SSSR count). The number of rotatable bonds is 8. The first-order valence-corrected chi connectivity index (χ1v) is 11.6. The van der Waals surface area contributed by atoms with Gasteiger partial charge in [0.2, 0.25) is 0 Å². The molecule has 3 fully saturated rings. The van der Waals surface area contributed by atoms with Crippen LogP contribution in [0.1, 0.15) is 24.1 Å². The summed E-state index contributed by atoms with van der Waals surface area (Å²) in [6, 6.07) is 8.85. The summed E-state index contributed by atoms with van der Waals surface area (Å²) in [6.07, 6.45) is -3.17. The molecule has 3 aliphatic heterocycles. The number of likely N-dealkylation sites (N-methyl/N-ethyl adjacent to an activating group) is 1. The molecule has 0 saturated carbocycles. The SMILES string of the molecule is Cc1ccc(C(C)NCCN(C)C[C@H]2O[C@@H](N3CNC4C(N)NCNC43)[C@H](O)[C@@H]2O)cc1. The smallest absolute Gasteiger partial charge is 0.142 e. The largest absolute Gasteiger partial charge is 0.387 e. The van der Waals surface area contributed by atoms with Gasteiger partial charge in [-0.2, -0.15) is 0 Å². The maximum absolute atomic E-state index is 10.7. The second-order valence-electron chi connectivity index (χ2n) is 9.35. The molecule has 10 nitrogen and oxygen atoms in total. The molecule has 4 unspecified atom stereocenters. The maximum atomic E-state index is 10.7. The van der Waals surface area contributed by atoms with Crippen molar-refractivity contribution in [3.05, 3.63) is 35.4 Å². The van der Waals surface area contributed by atoms with Gasteiger partial charge < -0.3 is 30.9 Å². The summed E-state index contributed by atoms with van der Waals surface area (Å²) in [5, 5.41) is 34.8. The topological polar surface area (TPSA) is 130 Å². The second-order valence-corrected chi connectivity index (χ2v) is 9.35. The Labute approximate surface area is 190 Å². The van der Waals surface area contributed by atoms with Gasteiger partial charge in [0.1, 0.15) is 24.5 Å². The van der Waals surface area contributed by atoms with Crippen LogP contribution in [0.15, 0.2) is 24.3 Å². The van der Waals surface area contributed by atoms with E-state index >= 15 is 0 Å². The molecule has 180 valence electrons. The fourth-order valence-electron chi connectivity index (χ4n) is 4.85. The maximum Gasteiger partial charge on any atom is 0.142 e. The van der Waals surface area contributed by atoms with Crippen LogP contribution in [0.5, 0.6) is 0 Å². The molecule has 3 saturated heterocycles. The zero-order chi connectivity index (χ0) is 22.8. The average molecular weight is 450 g/mol. The fourth-order valence-corrected chi connectivity index (χ4v) is 4.85. The molecule has 32 heavy (non-hydrogen) atoms. The molecule has 0 aliphatic carbocycles. The van der Waals surface area contributed by atoms with Crippen molar-refractivity contribution in [3.63, 3.8) is 0 Å². The third-order valence-electron chi connectivity index (χ3n) is 6.92. The normalized spacial score (nSPS) is 36.5. The van der Waals surface area contributed by atoms with Gasteiger partial charge in [-0.3, -0.25) is 16.0 Å². The van der Waals surface area contributed by atoms with Crippen molar-refractivity contribution in [3.8, 4) is 0 Å². The van der Waals surface area contributed by atoms with Crippen LogP contribution in [-0.2, 0) is 4.74 Å². The molecule has 1 aromatic rings. The lowest BCUT2D eigenvalue weighted by atomic mass is 10.1. The molecule has 10 heteroatoms. The van der Waals surface area contributed by atoms with E-state index < -0.39 is 24.5 Å². The first-order chi connectivity index (χ1) is 15.3. The van der Waals surface area contributed by atoms with E-state index in [1.165, 1.54) is 11.1 Å². The quantitative estimate of drug-likeness (QED) is 0.240. The Morgan fingerprint density at radius 1 is 1.22 bits per heavy atom. The van der Waals surface area contributed by atoms with Crippen molar-refractivity contribution in [1.29, 1.82) is 0 Å². The monoisotopic (exact) mass is 449 g/mol. The van der Waals surface area contributed by atoms with Gasteiger partial charge in [0.25, 0.3) is 0 Å². The molecule has 0 spiro atoms. The highest BCUT2D eigenvalue weighted by Crippen LogP contribution is 2.28. The van der Waals surface area contributed by atoms with Gasteiger partial charge in [0, 0.05) is 32.3 Å². The number of ether oxygens (including phenoxy) is 1. The second kappa shape index (κ2) is 10.4. The number of hydrogen-bond donors (Lipinski definition) is 7. The molecule has 1 aromatic carbocycles. The van der Waals surface area contributed by atoms with Crippen molar-refractivity contribution in [2.45, 2.75) is 62.8 Å². The van der Waals surface area contributed by atoms with Gasteiger partial charge in [0.15, 0.2) is 0 Å². The predicted octanol–water partition coefficient (Wildman–Crippen LogP) is -1.98. The molecule has 0 bridgehead atoms. The van der Waals surface area contributed by atoms with Crippen LogP contribution in [0.3, 0.4) is 0 Å². The minimum absolute atomic E-state index is 0.0139. The van der Waals surface area contributed by atoms with Crippen LogP contribution in [-0.4, -0.2) is 103 Å². The zero-order valence-corrected chi connectivity index (χ0v) is 19.2. The van der Waals surface area contributed by atoms with E-state index in [2.05, 4.69) is 64.3 Å². The molecule has 0 amide bonds. The standard InChI is InChI=1S/C22H39N7O3/c1-13-4-6-15(7-5-13)14(2)24-8-9-28(3)10-16-18(30)19(31)22(32-16)29-12-27-17-20(23)25-11-26-21(17)29/h4-7,14,16-22,24-27,30-31H,8-12,23H2,1-3H3/t14?,16-,17?,18-,19-,20?,21?,22-/m1/s1. The molecule has 8 N–H and O–H groups in total. The van der Waals surface area contributed by atoms with Gasteiger partial charge in [0.05, 0.1) is 25.0 Å². The van der Waals surface area contributed by atoms with Crippen LogP contribution < -0.4 is 27.0 Å². The van der Waals surface area contributed by atoms with Crippen LogP contribution in [0.25, 0.3) is 0 Å². The first-order valence-electron chi connectivity index (χ1n) is 11.6. The lowest BCUT2D eigenvalue weighted by molar-refractivity contribution is -0.106. The lowest BCUT2D eigenvalue weighted by Gasteiger charge is -2.38. The van der Waals surface area contributed by atoms with E-state index in [1.54, 1.807) is 0 Å². The van der Waals surface area contributed by atoms with Crippen LogP contribution >= 0.6 is 0 Å². The Hall–Kier alpha value is -1.18. The highest BCUT2D eigenvalue weighted by molar-refractivity contribution is 5.23. The number of fused-ring (bicyclic) bond motifs is 1. The zero-order valence-electron chi connectivity index (χ0n) is 19.2. The summed E-state index contributed by atoms with van der Waals surface area (Å²) in [5.74, 6) is 0. The van der Waals surface area contributed by atoms with Gasteiger partial charge in [-0.25, -0.2) is 4.90 Å². The lowest BCUT2D eigenvalue weighted by Crippen LogP contribution is -2.68. The van der Waals surface area contributed by atoms with Crippen LogP contribution in [0.2, 0.25) is 0 Å². The Morgan fingerprint density at radius 2 is 1.97 bits per heavy atom. The summed E-state index contributed by atoms with van der Waals surface area (Å²) >= 11 is 0. The van der Waals surface area contributed by atoms with Gasteiger partial charge in [-0.1, -0.05) is 29.8 Å². The summed E-state index contributed by atoms with van der Waals surface area (Å²) < 4.78 is 6.16. The summed E-state index contributed by atoms with van der Waals surface area (Å²) in [7, 11) is 2.01. The van der Waals surface area contributed by atoms with Gasteiger partial charge >= 0.3 is 0 Å². The number of nitrogens with zero attached hydrogens (tertiary/aromatic N) is 2. The Morgan fingerprint density at radius 3 is 2.72 bits per heavy atom. The molecular formula is C22H39N7O3. The van der Waals surface area contributed by atoms with E-state index in [9.17, 15) is 10.2 Å². The van der Waals surface area contributed by atoms with E-state index in [1.807, 2.05) is 11.9 Å². The minimum Gasteiger partial charge on any atom is -0.387 e. The Kier molecular flexibility index (Phi) is 7.78. The number of nitrogens with two attached hydrogens (primary N) is 1. The predicted molar refractivity (Wildman–Crippen MR) is 122 cm³/mol. The number of benzene rings is 1. The number of hydrogen-bond acceptors (Lipinski definition) is 10. The van der Waals surface area contributed by atoms with E-state index in [0.717, 1.165) is 13.1 Å². The summed E-state index contributed by atoms with van der Waals surface area (Å²) in [4.78, 5) is 4.14. The highest BCUT2D eigenvalue weighted by Gasteiger charge is 2.51. The van der Waals surface area contributed by atoms with Crippen LogP contribution in [0, 0.1) is 6.92 Å². The number of nitrogens with one attached hydrogen (secondary N) is 4. The molecular weight excluding hydrogens is 410 g/mol. The van der Waals surface area contributed by atoms with Crippen LogP contribution in [0.4, 0.5) is 0 Å². The summed E-state index contributed by atoms with van der Waals surface area (Å²) in [5.41, 5.74) is 8.67. The Bertz CT molecular complexity index is 739. The molecule has 3 heterocycles. The highest BCUT2D eigenvalue weighted by atomic mass is 16.6. The third kappa shape index (κ3) is 5.15. The van der Waals surface area contributed by atoms with E-state index in [-0.39, 0.29) is 24.4 Å². The molecule has 3 aliphatic rings. The third-order valence-corrected chi connectivity index (χ3v) is 6.92. The van der Waals surface area contributed by atoms with Crippen molar-refractivity contribution in [1.82, 2.24) is 31.1 Å². The molecule has 8 atom stereocenters. The van der Waals surface area contributed by atoms with E-state index in [4.69, 9.17) is 10.5 Å².